The average molecular weight is 246 g/mol. The minimum absolute atomic E-state index is 0.128. The number of rotatable bonds is 8. The van der Waals surface area contributed by atoms with E-state index in [0.717, 1.165) is 18.6 Å². The number of unbranched alkanes of at least 4 members (excludes halogenated alkanes) is 1. The first-order valence-corrected chi connectivity index (χ1v) is 7.35. The van der Waals surface area contributed by atoms with Crippen molar-refractivity contribution in [3.8, 4) is 0 Å². The summed E-state index contributed by atoms with van der Waals surface area (Å²) < 4.78 is 0. The molecule has 0 saturated heterocycles. The summed E-state index contributed by atoms with van der Waals surface area (Å²) in [6, 6.07) is 0. The predicted octanol–water partition coefficient (Wildman–Crippen LogP) is 2.01. The molecule has 0 aliphatic rings. The summed E-state index contributed by atoms with van der Waals surface area (Å²) in [5.41, 5.74) is 5.45. The highest BCUT2D eigenvalue weighted by Crippen LogP contribution is 2.15. The van der Waals surface area contributed by atoms with Crippen molar-refractivity contribution in [2.75, 3.05) is 18.6 Å². The molecule has 0 aliphatic heterocycles. The number of carbonyl (C=O) groups excluding carboxylic acids is 1. The summed E-state index contributed by atoms with van der Waals surface area (Å²) >= 11 is 1.82. The summed E-state index contributed by atoms with van der Waals surface area (Å²) in [7, 11) is 0. The topological polar surface area (TPSA) is 55.1 Å². The van der Waals surface area contributed by atoms with Gasteiger partial charge in [0, 0.05) is 13.0 Å². The fourth-order valence-electron chi connectivity index (χ4n) is 1.34. The Kier molecular flexibility index (Phi) is 7.85. The number of hydrogen-bond donors (Lipinski definition) is 2. The summed E-state index contributed by atoms with van der Waals surface area (Å²) in [4.78, 5) is 11.7. The van der Waals surface area contributed by atoms with Crippen molar-refractivity contribution in [2.45, 2.75) is 45.6 Å². The molecule has 0 radical (unpaired) electrons. The van der Waals surface area contributed by atoms with Crippen LogP contribution in [-0.2, 0) is 4.79 Å². The first-order chi connectivity index (χ1) is 7.46. The maximum atomic E-state index is 11.7. The molecule has 0 spiro atoms. The fraction of sp³-hybridized carbons (Fsp3) is 0.917. The fourth-order valence-corrected chi connectivity index (χ4v) is 1.84. The third-order valence-electron chi connectivity index (χ3n) is 3.13. The van der Waals surface area contributed by atoms with Gasteiger partial charge >= 0.3 is 0 Å². The van der Waals surface area contributed by atoms with Crippen LogP contribution in [0.5, 0.6) is 0 Å². The van der Waals surface area contributed by atoms with Crippen LogP contribution in [-0.4, -0.2) is 30.0 Å². The highest BCUT2D eigenvalue weighted by Gasteiger charge is 2.27. The monoisotopic (exact) mass is 246 g/mol. The smallest absolute Gasteiger partial charge is 0.220 e. The Morgan fingerprint density at radius 3 is 2.50 bits per heavy atom. The van der Waals surface area contributed by atoms with Crippen LogP contribution in [0.2, 0.25) is 0 Å². The van der Waals surface area contributed by atoms with Crippen molar-refractivity contribution in [3.05, 3.63) is 0 Å². The van der Waals surface area contributed by atoms with Crippen LogP contribution in [0.15, 0.2) is 0 Å². The molecule has 0 aromatic carbocycles. The van der Waals surface area contributed by atoms with E-state index < -0.39 is 0 Å². The van der Waals surface area contributed by atoms with Gasteiger partial charge in [0.05, 0.1) is 5.54 Å². The zero-order valence-corrected chi connectivity index (χ0v) is 11.8. The Bertz CT molecular complexity index is 209. The van der Waals surface area contributed by atoms with Crippen LogP contribution in [0.25, 0.3) is 0 Å². The van der Waals surface area contributed by atoms with Crippen LogP contribution < -0.4 is 11.1 Å². The predicted molar refractivity (Wildman–Crippen MR) is 72.7 cm³/mol. The van der Waals surface area contributed by atoms with E-state index in [1.54, 1.807) is 0 Å². The molecule has 0 fully saturated rings. The van der Waals surface area contributed by atoms with Crippen molar-refractivity contribution in [1.29, 1.82) is 0 Å². The number of amides is 1. The van der Waals surface area contributed by atoms with Gasteiger partial charge in [0.1, 0.15) is 0 Å². The van der Waals surface area contributed by atoms with Crippen LogP contribution in [0.3, 0.4) is 0 Å². The highest BCUT2D eigenvalue weighted by atomic mass is 32.2. The molecule has 1 unspecified atom stereocenters. The highest BCUT2D eigenvalue weighted by molar-refractivity contribution is 7.98. The van der Waals surface area contributed by atoms with E-state index in [2.05, 4.69) is 25.4 Å². The second kappa shape index (κ2) is 7.96. The first-order valence-electron chi connectivity index (χ1n) is 5.96. The molecule has 0 aromatic heterocycles. The van der Waals surface area contributed by atoms with Gasteiger partial charge in [-0.3, -0.25) is 4.79 Å². The molecular weight excluding hydrogens is 220 g/mol. The van der Waals surface area contributed by atoms with E-state index in [1.165, 1.54) is 0 Å². The molecule has 4 heteroatoms. The Morgan fingerprint density at radius 1 is 1.44 bits per heavy atom. The van der Waals surface area contributed by atoms with Gasteiger partial charge < -0.3 is 11.1 Å². The lowest BCUT2D eigenvalue weighted by Crippen LogP contribution is -2.54. The van der Waals surface area contributed by atoms with E-state index in [4.69, 9.17) is 5.73 Å². The first kappa shape index (κ1) is 15.8. The molecule has 1 amide bonds. The lowest BCUT2D eigenvalue weighted by atomic mass is 9.88. The lowest BCUT2D eigenvalue weighted by Gasteiger charge is -2.33. The Hall–Kier alpha value is -0.220. The number of carbonyl (C=O) groups is 1. The van der Waals surface area contributed by atoms with Gasteiger partial charge in [-0.25, -0.2) is 0 Å². The van der Waals surface area contributed by atoms with Gasteiger partial charge in [0.15, 0.2) is 0 Å². The number of hydrogen-bond acceptors (Lipinski definition) is 3. The normalized spacial score (nSPS) is 14.9. The maximum absolute atomic E-state index is 11.7. The van der Waals surface area contributed by atoms with E-state index in [-0.39, 0.29) is 11.4 Å². The van der Waals surface area contributed by atoms with Gasteiger partial charge in [-0.15, -0.1) is 0 Å². The van der Waals surface area contributed by atoms with Gasteiger partial charge in [0.25, 0.3) is 0 Å². The standard InChI is InChI=1S/C12H26N2OS/c1-10(2)12(3,9-13)14-11(15)7-5-6-8-16-4/h10H,5-9,13H2,1-4H3,(H,14,15). The molecule has 0 aromatic rings. The quantitative estimate of drug-likeness (QED) is 0.644. The van der Waals surface area contributed by atoms with Crippen molar-refractivity contribution in [1.82, 2.24) is 5.32 Å². The molecule has 0 saturated carbocycles. The Morgan fingerprint density at radius 2 is 2.06 bits per heavy atom. The van der Waals surface area contributed by atoms with E-state index in [1.807, 2.05) is 18.7 Å². The molecule has 0 rings (SSSR count). The summed E-state index contributed by atoms with van der Waals surface area (Å²) in [5.74, 6) is 1.61. The van der Waals surface area contributed by atoms with Crippen molar-refractivity contribution in [3.63, 3.8) is 0 Å². The van der Waals surface area contributed by atoms with Crippen LogP contribution in [0, 0.1) is 5.92 Å². The number of nitrogens with one attached hydrogen (secondary N) is 1. The zero-order valence-electron chi connectivity index (χ0n) is 11.0. The van der Waals surface area contributed by atoms with Gasteiger partial charge in [-0.2, -0.15) is 11.8 Å². The van der Waals surface area contributed by atoms with E-state index >= 15 is 0 Å². The van der Waals surface area contributed by atoms with Crippen molar-refractivity contribution >= 4 is 17.7 Å². The van der Waals surface area contributed by atoms with Crippen LogP contribution in [0.4, 0.5) is 0 Å². The SMILES string of the molecule is CSCCCCC(=O)NC(C)(CN)C(C)C. The molecule has 16 heavy (non-hydrogen) atoms. The maximum Gasteiger partial charge on any atom is 0.220 e. The van der Waals surface area contributed by atoms with E-state index in [0.29, 0.717) is 18.9 Å². The van der Waals surface area contributed by atoms with Gasteiger partial charge in [-0.1, -0.05) is 13.8 Å². The van der Waals surface area contributed by atoms with Gasteiger partial charge in [-0.05, 0) is 37.7 Å². The van der Waals surface area contributed by atoms with Crippen LogP contribution >= 0.6 is 11.8 Å². The number of thioether (sulfide) groups is 1. The van der Waals surface area contributed by atoms with Crippen molar-refractivity contribution < 1.29 is 4.79 Å². The summed E-state index contributed by atoms with van der Waals surface area (Å²) in [5, 5.41) is 3.05. The second-order valence-electron chi connectivity index (χ2n) is 4.77. The molecule has 0 heterocycles. The third-order valence-corrected chi connectivity index (χ3v) is 3.82. The largest absolute Gasteiger partial charge is 0.349 e. The molecule has 0 bridgehead atoms. The molecule has 3 N–H and O–H groups in total. The molecular formula is C12H26N2OS. The van der Waals surface area contributed by atoms with Crippen LogP contribution in [0.1, 0.15) is 40.0 Å². The average Bonchev–Trinajstić information content (AvgIpc) is 2.24. The number of nitrogens with two attached hydrogens (primary N) is 1. The van der Waals surface area contributed by atoms with Crippen molar-refractivity contribution in [2.24, 2.45) is 11.7 Å². The summed E-state index contributed by atoms with van der Waals surface area (Å²) in [6.45, 7) is 6.67. The third kappa shape index (κ3) is 5.75. The molecule has 96 valence electrons. The minimum Gasteiger partial charge on any atom is -0.349 e. The lowest BCUT2D eigenvalue weighted by molar-refractivity contribution is -0.123. The summed E-state index contributed by atoms with van der Waals surface area (Å²) in [6.07, 6.45) is 4.77. The van der Waals surface area contributed by atoms with Gasteiger partial charge in [0.2, 0.25) is 5.91 Å². The minimum atomic E-state index is -0.267. The van der Waals surface area contributed by atoms with E-state index in [9.17, 15) is 4.79 Å². The Labute approximate surface area is 104 Å². The molecule has 3 nitrogen and oxygen atoms in total. The molecule has 0 aliphatic carbocycles. The zero-order chi connectivity index (χ0) is 12.6. The Balaban J connectivity index is 3.93. The molecule has 1 atom stereocenters. The second-order valence-corrected chi connectivity index (χ2v) is 5.76.